The quantitative estimate of drug-likeness (QED) is 0.565. The third kappa shape index (κ3) is 3.73. The molecule has 92 valence electrons. The van der Waals surface area contributed by atoms with Gasteiger partial charge in [-0.25, -0.2) is 8.78 Å². The molecule has 0 saturated heterocycles. The molecule has 0 spiro atoms. The summed E-state index contributed by atoms with van der Waals surface area (Å²) in [6.07, 6.45) is -0.740. The van der Waals surface area contributed by atoms with Crippen LogP contribution in [0.4, 0.5) is 8.78 Å². The minimum absolute atomic E-state index is 0.0174. The molecule has 0 aromatic heterocycles. The Labute approximate surface area is 98.6 Å². The monoisotopic (exact) mass is 240 g/mol. The van der Waals surface area contributed by atoms with Gasteiger partial charge in [-0.3, -0.25) is 9.59 Å². The van der Waals surface area contributed by atoms with Crippen LogP contribution >= 0.6 is 0 Å². The molecule has 0 amide bonds. The van der Waals surface area contributed by atoms with E-state index in [-0.39, 0.29) is 12.0 Å². The van der Waals surface area contributed by atoms with Crippen LogP contribution in [0.3, 0.4) is 0 Å². The molecule has 4 heteroatoms. The summed E-state index contributed by atoms with van der Waals surface area (Å²) in [6.45, 7) is 1.88. The molecule has 0 fully saturated rings. The smallest absolute Gasteiger partial charge is 0.220 e. The molecular weight excluding hydrogens is 226 g/mol. The van der Waals surface area contributed by atoms with Crippen LogP contribution in [0.1, 0.15) is 36.5 Å². The molecule has 17 heavy (non-hydrogen) atoms. The third-order valence-electron chi connectivity index (χ3n) is 2.42. The zero-order valence-corrected chi connectivity index (χ0v) is 9.58. The second-order valence-electron chi connectivity index (χ2n) is 3.80. The first-order chi connectivity index (χ1) is 8.06. The number of hydrogen-bond donors (Lipinski definition) is 0. The van der Waals surface area contributed by atoms with Crippen molar-refractivity contribution in [2.45, 2.75) is 32.4 Å². The number of unbranched alkanes of at least 4 members (excludes halogenated alkanes) is 1. The Kier molecular flexibility index (Phi) is 4.94. The minimum atomic E-state index is -2.13. The molecule has 0 heterocycles. The van der Waals surface area contributed by atoms with Gasteiger partial charge in [-0.15, -0.1) is 0 Å². The van der Waals surface area contributed by atoms with Gasteiger partial charge in [-0.1, -0.05) is 13.3 Å². The van der Waals surface area contributed by atoms with Crippen molar-refractivity contribution in [1.82, 2.24) is 0 Å². The van der Waals surface area contributed by atoms with Crippen molar-refractivity contribution in [1.29, 1.82) is 0 Å². The summed E-state index contributed by atoms with van der Waals surface area (Å²) < 4.78 is 26.1. The van der Waals surface area contributed by atoms with Gasteiger partial charge in [0.1, 0.15) is 5.82 Å². The number of hydrogen-bond acceptors (Lipinski definition) is 2. The number of halogens is 2. The van der Waals surface area contributed by atoms with Crippen LogP contribution in [0.5, 0.6) is 0 Å². The van der Waals surface area contributed by atoms with Gasteiger partial charge in [0.25, 0.3) is 0 Å². The summed E-state index contributed by atoms with van der Waals surface area (Å²) in [4.78, 5) is 22.9. The van der Waals surface area contributed by atoms with E-state index < -0.39 is 23.6 Å². The lowest BCUT2D eigenvalue weighted by Crippen LogP contribution is -2.25. The van der Waals surface area contributed by atoms with E-state index in [0.29, 0.717) is 6.42 Å². The van der Waals surface area contributed by atoms with Crippen molar-refractivity contribution < 1.29 is 18.4 Å². The number of Topliss-reactive ketones (excluding diaryl/α,β-unsaturated/α-hetero) is 2. The van der Waals surface area contributed by atoms with E-state index in [1.807, 2.05) is 6.92 Å². The Morgan fingerprint density at radius 3 is 2.35 bits per heavy atom. The number of alkyl halides is 1. The molecule has 1 aromatic carbocycles. The van der Waals surface area contributed by atoms with E-state index in [4.69, 9.17) is 0 Å². The van der Waals surface area contributed by atoms with E-state index in [1.165, 1.54) is 12.1 Å². The predicted molar refractivity (Wildman–Crippen MR) is 60.2 cm³/mol. The van der Waals surface area contributed by atoms with Crippen molar-refractivity contribution in [3.8, 4) is 0 Å². The summed E-state index contributed by atoms with van der Waals surface area (Å²) in [5, 5.41) is 0. The lowest BCUT2D eigenvalue weighted by molar-refractivity contribution is -0.122. The molecule has 0 aliphatic rings. The normalized spacial score (nSPS) is 12.2. The maximum absolute atomic E-state index is 13.5. The Morgan fingerprint density at radius 2 is 1.82 bits per heavy atom. The maximum Gasteiger partial charge on any atom is 0.220 e. The van der Waals surface area contributed by atoms with Crippen molar-refractivity contribution in [2.24, 2.45) is 0 Å². The summed E-state index contributed by atoms with van der Waals surface area (Å²) >= 11 is 0. The first-order valence-corrected chi connectivity index (χ1v) is 5.52. The molecule has 0 aliphatic heterocycles. The van der Waals surface area contributed by atoms with Gasteiger partial charge in [0, 0.05) is 12.0 Å². The average Bonchev–Trinajstić information content (AvgIpc) is 2.35. The molecule has 0 bridgehead atoms. The van der Waals surface area contributed by atoms with Gasteiger partial charge in [0.15, 0.2) is 5.78 Å². The van der Waals surface area contributed by atoms with E-state index >= 15 is 0 Å². The zero-order valence-electron chi connectivity index (χ0n) is 9.58. The highest BCUT2D eigenvalue weighted by Gasteiger charge is 2.26. The fourth-order valence-corrected chi connectivity index (χ4v) is 1.38. The maximum atomic E-state index is 13.5. The van der Waals surface area contributed by atoms with Crippen LogP contribution < -0.4 is 0 Å². The largest absolute Gasteiger partial charge is 0.296 e. The van der Waals surface area contributed by atoms with Gasteiger partial charge < -0.3 is 0 Å². The molecule has 0 N–H and O–H groups in total. The first-order valence-electron chi connectivity index (χ1n) is 5.52. The third-order valence-corrected chi connectivity index (χ3v) is 2.42. The fourth-order valence-electron chi connectivity index (χ4n) is 1.38. The Bertz CT molecular complexity index is 398. The second-order valence-corrected chi connectivity index (χ2v) is 3.80. The number of carbonyl (C=O) groups excluding carboxylic acids is 2. The number of rotatable bonds is 6. The molecule has 1 aromatic rings. The summed E-state index contributed by atoms with van der Waals surface area (Å²) in [6, 6.07) is 4.49. The van der Waals surface area contributed by atoms with Gasteiger partial charge >= 0.3 is 0 Å². The second kappa shape index (κ2) is 6.23. The summed E-state index contributed by atoms with van der Waals surface area (Å²) in [7, 11) is 0. The van der Waals surface area contributed by atoms with Crippen molar-refractivity contribution in [3.05, 3.63) is 35.6 Å². The van der Waals surface area contributed by atoms with Crippen LogP contribution in [0.25, 0.3) is 0 Å². The molecule has 1 atom stereocenters. The van der Waals surface area contributed by atoms with Crippen molar-refractivity contribution >= 4 is 11.6 Å². The Hall–Kier alpha value is -1.58. The van der Waals surface area contributed by atoms with Crippen LogP contribution in [0, 0.1) is 5.82 Å². The first kappa shape index (κ1) is 13.5. The molecular formula is C13H14F2O2. The molecule has 2 nitrogen and oxygen atoms in total. The highest BCUT2D eigenvalue weighted by molar-refractivity contribution is 6.13. The zero-order chi connectivity index (χ0) is 12.8. The SMILES string of the molecule is CCCCC(=O)C(F)C(=O)c1ccc(F)cc1. The van der Waals surface area contributed by atoms with Crippen LogP contribution in [-0.4, -0.2) is 17.7 Å². The van der Waals surface area contributed by atoms with E-state index in [2.05, 4.69) is 0 Å². The number of ketones is 2. The fraction of sp³-hybridized carbons (Fsp3) is 0.385. The average molecular weight is 240 g/mol. The van der Waals surface area contributed by atoms with Crippen molar-refractivity contribution in [2.75, 3.05) is 0 Å². The van der Waals surface area contributed by atoms with Crippen LogP contribution in [-0.2, 0) is 4.79 Å². The highest BCUT2D eigenvalue weighted by Crippen LogP contribution is 2.11. The molecule has 0 aliphatic carbocycles. The number of benzene rings is 1. The number of carbonyl (C=O) groups is 2. The minimum Gasteiger partial charge on any atom is -0.296 e. The van der Waals surface area contributed by atoms with E-state index in [0.717, 1.165) is 18.6 Å². The molecule has 1 unspecified atom stereocenters. The van der Waals surface area contributed by atoms with E-state index in [1.54, 1.807) is 0 Å². The Balaban J connectivity index is 2.69. The topological polar surface area (TPSA) is 34.1 Å². The van der Waals surface area contributed by atoms with Gasteiger partial charge in [-0.2, -0.15) is 0 Å². The van der Waals surface area contributed by atoms with E-state index in [9.17, 15) is 18.4 Å². The predicted octanol–water partition coefficient (Wildman–Crippen LogP) is 3.11. The summed E-state index contributed by atoms with van der Waals surface area (Å²) in [5.41, 5.74) is 0.0174. The van der Waals surface area contributed by atoms with Crippen LogP contribution in [0.15, 0.2) is 24.3 Å². The van der Waals surface area contributed by atoms with Crippen LogP contribution in [0.2, 0.25) is 0 Å². The lowest BCUT2D eigenvalue weighted by atomic mass is 10.0. The molecule has 0 radical (unpaired) electrons. The lowest BCUT2D eigenvalue weighted by Gasteiger charge is -2.06. The molecule has 1 rings (SSSR count). The standard InChI is InChI=1S/C13H14F2O2/c1-2-3-4-11(16)12(15)13(17)9-5-7-10(14)8-6-9/h5-8,12H,2-4H2,1H3. The van der Waals surface area contributed by atoms with Gasteiger partial charge in [-0.05, 0) is 30.7 Å². The Morgan fingerprint density at radius 1 is 1.24 bits per heavy atom. The highest BCUT2D eigenvalue weighted by atomic mass is 19.1. The van der Waals surface area contributed by atoms with Gasteiger partial charge in [0.2, 0.25) is 12.0 Å². The summed E-state index contributed by atoms with van der Waals surface area (Å²) in [5.74, 6) is -2.11. The van der Waals surface area contributed by atoms with Crippen molar-refractivity contribution in [3.63, 3.8) is 0 Å². The molecule has 0 saturated carbocycles. The van der Waals surface area contributed by atoms with Gasteiger partial charge in [0.05, 0.1) is 0 Å².